The van der Waals surface area contributed by atoms with Gasteiger partial charge >= 0.3 is 11.9 Å². The summed E-state index contributed by atoms with van der Waals surface area (Å²) < 4.78 is 10.3. The van der Waals surface area contributed by atoms with E-state index in [4.69, 9.17) is 9.47 Å². The molecule has 0 aromatic heterocycles. The highest BCUT2D eigenvalue weighted by Crippen LogP contribution is 2.23. The minimum Gasteiger partial charge on any atom is -0.456 e. The largest absolute Gasteiger partial charge is 0.456 e. The zero-order valence-corrected chi connectivity index (χ0v) is 21.8. The molecular formula is C33H28O6. The highest BCUT2D eigenvalue weighted by molar-refractivity contribution is 6.03. The molecule has 0 aliphatic rings. The van der Waals surface area contributed by atoms with Gasteiger partial charge in [-0.15, -0.1) is 0 Å². The summed E-state index contributed by atoms with van der Waals surface area (Å²) in [4.78, 5) is 50.3. The van der Waals surface area contributed by atoms with Crippen LogP contribution in [0.4, 0.5) is 0 Å². The van der Waals surface area contributed by atoms with Crippen LogP contribution in [0.15, 0.2) is 109 Å². The fourth-order valence-corrected chi connectivity index (χ4v) is 3.83. The predicted octanol–water partition coefficient (Wildman–Crippen LogP) is 6.20. The standard InChI is InChI=1S/C33H28O6/c1-33(2,31(36)38-21-29(34)27-17-13-25(14-18-27)23-9-5-3-6-10-23)32(37)39-22-30(35)28-19-15-26(16-20-28)24-11-7-4-8-12-24/h3-20H,21-22H2,1-2H3. The maximum absolute atomic E-state index is 12.6. The lowest BCUT2D eigenvalue weighted by Crippen LogP contribution is -2.38. The first kappa shape index (κ1) is 27.2. The number of hydrogen-bond donors (Lipinski definition) is 0. The summed E-state index contributed by atoms with van der Waals surface area (Å²) in [7, 11) is 0. The van der Waals surface area contributed by atoms with E-state index in [-0.39, 0.29) is 0 Å². The summed E-state index contributed by atoms with van der Waals surface area (Å²) >= 11 is 0. The Bertz CT molecular complexity index is 1340. The van der Waals surface area contributed by atoms with Crippen molar-refractivity contribution < 1.29 is 28.7 Å². The number of ketones is 2. The Morgan fingerprint density at radius 1 is 0.487 bits per heavy atom. The van der Waals surface area contributed by atoms with Crippen LogP contribution in [0.1, 0.15) is 34.6 Å². The van der Waals surface area contributed by atoms with Crippen molar-refractivity contribution in [1.82, 2.24) is 0 Å². The van der Waals surface area contributed by atoms with Gasteiger partial charge in [0, 0.05) is 11.1 Å². The Balaban J connectivity index is 1.27. The van der Waals surface area contributed by atoms with E-state index in [9.17, 15) is 19.2 Å². The second-order valence-corrected chi connectivity index (χ2v) is 9.51. The molecule has 6 heteroatoms. The lowest BCUT2D eigenvalue weighted by molar-refractivity contribution is -0.168. The number of carbonyl (C=O) groups excluding carboxylic acids is 4. The second kappa shape index (κ2) is 12.1. The molecule has 4 aromatic carbocycles. The SMILES string of the molecule is CC(C)(C(=O)OCC(=O)c1ccc(-c2ccccc2)cc1)C(=O)OCC(=O)c1ccc(-c2ccccc2)cc1. The fraction of sp³-hybridized carbons (Fsp3) is 0.152. The lowest BCUT2D eigenvalue weighted by atomic mass is 9.94. The van der Waals surface area contributed by atoms with Crippen LogP contribution in [0, 0.1) is 5.41 Å². The van der Waals surface area contributed by atoms with E-state index >= 15 is 0 Å². The van der Waals surface area contributed by atoms with Gasteiger partial charge in [-0.1, -0.05) is 109 Å². The maximum atomic E-state index is 12.6. The van der Waals surface area contributed by atoms with E-state index in [1.807, 2.05) is 84.9 Å². The topological polar surface area (TPSA) is 86.7 Å². The number of benzene rings is 4. The van der Waals surface area contributed by atoms with Crippen molar-refractivity contribution in [2.24, 2.45) is 5.41 Å². The Labute approximate surface area is 227 Å². The van der Waals surface area contributed by atoms with Crippen molar-refractivity contribution in [2.45, 2.75) is 13.8 Å². The van der Waals surface area contributed by atoms with E-state index in [1.165, 1.54) is 13.8 Å². The number of carbonyl (C=O) groups is 4. The first-order valence-electron chi connectivity index (χ1n) is 12.5. The summed E-state index contributed by atoms with van der Waals surface area (Å²) in [5, 5.41) is 0. The molecule has 0 aliphatic carbocycles. The normalized spacial score (nSPS) is 10.9. The fourth-order valence-electron chi connectivity index (χ4n) is 3.83. The van der Waals surface area contributed by atoms with Crippen molar-refractivity contribution in [2.75, 3.05) is 13.2 Å². The molecule has 0 saturated heterocycles. The molecule has 0 spiro atoms. The van der Waals surface area contributed by atoms with Crippen LogP contribution >= 0.6 is 0 Å². The van der Waals surface area contributed by atoms with Crippen LogP contribution in [0.25, 0.3) is 22.3 Å². The quantitative estimate of drug-likeness (QED) is 0.141. The summed E-state index contributed by atoms with van der Waals surface area (Å²) in [5.41, 5.74) is 3.01. The molecule has 0 atom stereocenters. The molecule has 0 bridgehead atoms. The van der Waals surface area contributed by atoms with Gasteiger partial charge in [-0.2, -0.15) is 0 Å². The van der Waals surface area contributed by atoms with Crippen LogP contribution in [0.3, 0.4) is 0 Å². The van der Waals surface area contributed by atoms with Crippen LogP contribution in [0.5, 0.6) is 0 Å². The van der Waals surface area contributed by atoms with E-state index in [0.29, 0.717) is 11.1 Å². The molecule has 6 nitrogen and oxygen atoms in total. The van der Waals surface area contributed by atoms with E-state index in [2.05, 4.69) is 0 Å². The zero-order chi connectivity index (χ0) is 27.8. The van der Waals surface area contributed by atoms with E-state index in [1.54, 1.807) is 24.3 Å². The molecule has 4 rings (SSSR count). The number of rotatable bonds is 10. The lowest BCUT2D eigenvalue weighted by Gasteiger charge is -2.20. The smallest absolute Gasteiger partial charge is 0.323 e. The number of esters is 2. The van der Waals surface area contributed by atoms with Crippen molar-refractivity contribution in [3.05, 3.63) is 120 Å². The minimum atomic E-state index is -1.70. The van der Waals surface area contributed by atoms with Gasteiger partial charge in [0.15, 0.2) is 30.2 Å². The molecule has 0 N–H and O–H groups in total. The van der Waals surface area contributed by atoms with Gasteiger partial charge in [0.05, 0.1) is 0 Å². The average molecular weight is 521 g/mol. The molecule has 0 radical (unpaired) electrons. The Morgan fingerprint density at radius 2 is 0.795 bits per heavy atom. The van der Waals surface area contributed by atoms with Gasteiger partial charge < -0.3 is 9.47 Å². The third-order valence-electron chi connectivity index (χ3n) is 6.32. The van der Waals surface area contributed by atoms with Crippen molar-refractivity contribution in [3.8, 4) is 22.3 Å². The molecule has 0 aliphatic heterocycles. The van der Waals surface area contributed by atoms with Gasteiger partial charge in [-0.3, -0.25) is 19.2 Å². The highest BCUT2D eigenvalue weighted by atomic mass is 16.6. The zero-order valence-electron chi connectivity index (χ0n) is 21.8. The van der Waals surface area contributed by atoms with Crippen LogP contribution < -0.4 is 0 Å². The monoisotopic (exact) mass is 520 g/mol. The maximum Gasteiger partial charge on any atom is 0.323 e. The molecule has 0 unspecified atom stereocenters. The molecule has 0 heterocycles. The first-order valence-corrected chi connectivity index (χ1v) is 12.5. The molecule has 0 saturated carbocycles. The summed E-state index contributed by atoms with van der Waals surface area (Å²) in [6.07, 6.45) is 0. The third kappa shape index (κ3) is 6.73. The van der Waals surface area contributed by atoms with Crippen LogP contribution in [-0.4, -0.2) is 36.7 Å². The van der Waals surface area contributed by atoms with Gasteiger partial charge in [-0.05, 0) is 36.1 Å². The number of hydrogen-bond acceptors (Lipinski definition) is 6. The van der Waals surface area contributed by atoms with Crippen LogP contribution in [0.2, 0.25) is 0 Å². The van der Waals surface area contributed by atoms with Crippen LogP contribution in [-0.2, 0) is 19.1 Å². The number of Topliss-reactive ketones (excluding diaryl/α,β-unsaturated/α-hetero) is 2. The predicted molar refractivity (Wildman–Crippen MR) is 148 cm³/mol. The first-order chi connectivity index (χ1) is 18.8. The van der Waals surface area contributed by atoms with Gasteiger partial charge in [0.25, 0.3) is 0 Å². The van der Waals surface area contributed by atoms with E-state index in [0.717, 1.165) is 22.3 Å². The molecule has 4 aromatic rings. The van der Waals surface area contributed by atoms with Crippen molar-refractivity contribution in [1.29, 1.82) is 0 Å². The molecule has 0 fully saturated rings. The second-order valence-electron chi connectivity index (χ2n) is 9.51. The Kier molecular flexibility index (Phi) is 8.46. The van der Waals surface area contributed by atoms with Gasteiger partial charge in [0.1, 0.15) is 0 Å². The summed E-state index contributed by atoms with van der Waals surface area (Å²) in [6, 6.07) is 33.4. The molecule has 0 amide bonds. The Morgan fingerprint density at radius 3 is 1.13 bits per heavy atom. The van der Waals surface area contributed by atoms with Crippen molar-refractivity contribution >= 4 is 23.5 Å². The third-order valence-corrected chi connectivity index (χ3v) is 6.32. The minimum absolute atomic E-state index is 0.381. The molecular weight excluding hydrogens is 492 g/mol. The highest BCUT2D eigenvalue weighted by Gasteiger charge is 2.40. The van der Waals surface area contributed by atoms with Gasteiger partial charge in [0.2, 0.25) is 0 Å². The van der Waals surface area contributed by atoms with Gasteiger partial charge in [-0.25, -0.2) is 0 Å². The number of ether oxygens (including phenoxy) is 2. The summed E-state index contributed by atoms with van der Waals surface area (Å²) in [6.45, 7) is 1.62. The average Bonchev–Trinajstić information content (AvgIpc) is 2.99. The molecule has 39 heavy (non-hydrogen) atoms. The summed E-state index contributed by atoms with van der Waals surface area (Å²) in [5.74, 6) is -2.63. The van der Waals surface area contributed by atoms with E-state index < -0.39 is 42.1 Å². The Hall–Kier alpha value is -4.84. The van der Waals surface area contributed by atoms with Crippen molar-refractivity contribution in [3.63, 3.8) is 0 Å². The molecule has 196 valence electrons.